The summed E-state index contributed by atoms with van der Waals surface area (Å²) in [5.74, 6) is -1.92. The molecule has 2 fully saturated rings. The average Bonchev–Trinajstić information content (AvgIpc) is 3.41. The Morgan fingerprint density at radius 3 is 2.60 bits per heavy atom. The molecule has 196 valence electrons. The van der Waals surface area contributed by atoms with Crippen LogP contribution in [0.5, 0.6) is 11.8 Å². The molecule has 2 saturated heterocycles. The number of nitrogens with one attached hydrogen (secondary N) is 3. The first-order valence-corrected chi connectivity index (χ1v) is 13.8. The predicted octanol–water partition coefficient (Wildman–Crippen LogP) is 0.504. The number of carbonyl (C=O) groups is 3. The Balaban J connectivity index is 1.22. The maximum atomic E-state index is 12.0. The summed E-state index contributed by atoms with van der Waals surface area (Å²) in [5, 5.41) is 28.4. The number of unbranched alkanes of at least 4 members (excludes halogenated alkanes) is 3. The molecular formula is C20H30N4O9S2. The van der Waals surface area contributed by atoms with Crippen molar-refractivity contribution in [1.29, 1.82) is 0 Å². The number of nitrogens with zero attached hydrogens (tertiary/aromatic N) is 1. The van der Waals surface area contributed by atoms with E-state index < -0.39 is 32.7 Å². The molecular weight excluding hydrogens is 504 g/mol. The van der Waals surface area contributed by atoms with E-state index in [2.05, 4.69) is 16.0 Å². The van der Waals surface area contributed by atoms with E-state index in [4.69, 9.17) is 9.39 Å². The summed E-state index contributed by atoms with van der Waals surface area (Å²) in [5.41, 5.74) is 0. The number of aromatic hydroxyl groups is 2. The molecule has 1 aromatic rings. The van der Waals surface area contributed by atoms with Gasteiger partial charge in [-0.25, -0.2) is 9.59 Å². The Morgan fingerprint density at radius 1 is 1.14 bits per heavy atom. The Kier molecular flexibility index (Phi) is 9.13. The zero-order chi connectivity index (χ0) is 25.6. The number of fused-ring (bicyclic) bond motifs is 1. The van der Waals surface area contributed by atoms with E-state index in [9.17, 15) is 33.0 Å². The van der Waals surface area contributed by atoms with Gasteiger partial charge in [-0.05, 0) is 25.7 Å². The number of urea groups is 1. The average molecular weight is 535 g/mol. The second-order valence-electron chi connectivity index (χ2n) is 8.45. The summed E-state index contributed by atoms with van der Waals surface area (Å²) in [7, 11) is -4.80. The maximum absolute atomic E-state index is 12.0. The van der Waals surface area contributed by atoms with Gasteiger partial charge >= 0.3 is 12.0 Å². The van der Waals surface area contributed by atoms with Gasteiger partial charge in [-0.15, -0.1) is 4.73 Å². The molecule has 15 heteroatoms. The van der Waals surface area contributed by atoms with Crippen molar-refractivity contribution in [2.75, 3.05) is 12.3 Å². The molecule has 2 aliphatic rings. The van der Waals surface area contributed by atoms with Gasteiger partial charge in [0.15, 0.2) is 4.90 Å². The number of hydrogen-bond acceptors (Lipinski definition) is 9. The molecule has 0 bridgehead atoms. The smallest absolute Gasteiger partial charge is 0.333 e. The van der Waals surface area contributed by atoms with Gasteiger partial charge < -0.3 is 31.0 Å². The van der Waals surface area contributed by atoms with Gasteiger partial charge in [-0.3, -0.25) is 9.35 Å². The predicted molar refractivity (Wildman–Crippen MR) is 125 cm³/mol. The summed E-state index contributed by atoms with van der Waals surface area (Å²) in [6.07, 6.45) is 4.65. The van der Waals surface area contributed by atoms with Gasteiger partial charge in [0.25, 0.3) is 16.0 Å². The molecule has 3 rings (SSSR count). The minimum absolute atomic E-state index is 0.0367. The molecule has 3 atom stereocenters. The summed E-state index contributed by atoms with van der Waals surface area (Å²) >= 11 is 1.85. The first-order chi connectivity index (χ1) is 16.6. The molecule has 2 aliphatic heterocycles. The van der Waals surface area contributed by atoms with Crippen molar-refractivity contribution < 1.29 is 42.4 Å². The van der Waals surface area contributed by atoms with Crippen molar-refractivity contribution in [1.82, 2.24) is 20.7 Å². The van der Waals surface area contributed by atoms with Gasteiger partial charge in [0, 0.05) is 36.5 Å². The summed E-state index contributed by atoms with van der Waals surface area (Å²) in [6, 6.07) is 0.826. The molecule has 3 heterocycles. The van der Waals surface area contributed by atoms with Crippen molar-refractivity contribution >= 4 is 39.8 Å². The minimum Gasteiger partial charge on any atom is -0.492 e. The van der Waals surface area contributed by atoms with E-state index in [-0.39, 0.29) is 35.2 Å². The number of aromatic nitrogens is 1. The molecule has 0 aliphatic carbocycles. The standard InChI is InChI=1S/C20H30N4O9S2/c25-15(7-4-3-6-13-18-12(11-34-13)22-20(29)23-18)21-9-5-1-2-8-17(27)33-24-16(26)10-14(19(24)28)35(30,31)32/h10,12-13,18,26,28H,1-9,11H2,(H,21,25)(H2,22,23,29)(H,30,31,32). The summed E-state index contributed by atoms with van der Waals surface area (Å²) < 4.78 is 31.3. The third-order valence-electron chi connectivity index (χ3n) is 5.81. The quantitative estimate of drug-likeness (QED) is 0.118. The fraction of sp³-hybridized carbons (Fsp3) is 0.650. The van der Waals surface area contributed by atoms with E-state index in [1.54, 1.807) is 0 Å². The van der Waals surface area contributed by atoms with E-state index >= 15 is 0 Å². The van der Waals surface area contributed by atoms with Crippen LogP contribution >= 0.6 is 11.8 Å². The van der Waals surface area contributed by atoms with Crippen LogP contribution in [-0.2, 0) is 19.7 Å². The highest BCUT2D eigenvalue weighted by Gasteiger charge is 2.42. The molecule has 0 aromatic carbocycles. The molecule has 3 unspecified atom stereocenters. The lowest BCUT2D eigenvalue weighted by atomic mass is 10.0. The van der Waals surface area contributed by atoms with Crippen LogP contribution in [0, 0.1) is 0 Å². The third-order valence-corrected chi connectivity index (χ3v) is 8.18. The number of carbonyl (C=O) groups excluding carboxylic acids is 3. The van der Waals surface area contributed by atoms with Crippen LogP contribution in [0.15, 0.2) is 11.0 Å². The fourth-order valence-electron chi connectivity index (χ4n) is 4.04. The largest absolute Gasteiger partial charge is 0.492 e. The lowest BCUT2D eigenvalue weighted by Crippen LogP contribution is -2.36. The van der Waals surface area contributed by atoms with Gasteiger partial charge in [0.2, 0.25) is 11.8 Å². The normalized spacial score (nSPS) is 21.3. The van der Waals surface area contributed by atoms with E-state index in [0.717, 1.165) is 25.0 Å². The number of rotatable bonds is 13. The second kappa shape index (κ2) is 11.9. The van der Waals surface area contributed by atoms with Crippen LogP contribution in [0.25, 0.3) is 0 Å². The molecule has 6 N–H and O–H groups in total. The first kappa shape index (κ1) is 26.9. The minimum atomic E-state index is -4.80. The zero-order valence-electron chi connectivity index (χ0n) is 18.9. The fourth-order valence-corrected chi connectivity index (χ4v) is 6.15. The summed E-state index contributed by atoms with van der Waals surface area (Å²) in [4.78, 5) is 39.0. The van der Waals surface area contributed by atoms with Crippen LogP contribution in [0.4, 0.5) is 4.79 Å². The highest BCUT2D eigenvalue weighted by molar-refractivity contribution is 8.00. The SMILES string of the molecule is O=C(CCCCC1SCC2NC(=O)NC21)NCCCCCC(=O)On1c(O)cc(S(=O)(=O)O)c1O. The monoisotopic (exact) mass is 534 g/mol. The number of thioether (sulfide) groups is 1. The highest BCUT2D eigenvalue weighted by atomic mass is 32.2. The molecule has 13 nitrogen and oxygen atoms in total. The van der Waals surface area contributed by atoms with Crippen molar-refractivity contribution in [3.8, 4) is 11.8 Å². The first-order valence-electron chi connectivity index (χ1n) is 11.3. The van der Waals surface area contributed by atoms with Gasteiger partial charge in [0.1, 0.15) is 0 Å². The van der Waals surface area contributed by atoms with Gasteiger partial charge in [-0.1, -0.05) is 12.8 Å². The molecule has 35 heavy (non-hydrogen) atoms. The van der Waals surface area contributed by atoms with Gasteiger partial charge in [-0.2, -0.15) is 20.2 Å². The lowest BCUT2D eigenvalue weighted by molar-refractivity contribution is -0.145. The summed E-state index contributed by atoms with van der Waals surface area (Å²) in [6.45, 7) is 0.463. The van der Waals surface area contributed by atoms with E-state index in [1.807, 2.05) is 11.8 Å². The Hall–Kier alpha value is -2.65. The van der Waals surface area contributed by atoms with E-state index in [1.165, 1.54) is 0 Å². The Labute approximate surface area is 206 Å². The molecule has 0 saturated carbocycles. The van der Waals surface area contributed by atoms with Crippen LogP contribution < -0.4 is 20.8 Å². The Bertz CT molecular complexity index is 1040. The number of amides is 3. The van der Waals surface area contributed by atoms with Crippen molar-refractivity contribution in [3.63, 3.8) is 0 Å². The van der Waals surface area contributed by atoms with Crippen LogP contribution in [0.3, 0.4) is 0 Å². The van der Waals surface area contributed by atoms with Crippen molar-refractivity contribution in [2.45, 2.75) is 73.6 Å². The Morgan fingerprint density at radius 2 is 1.89 bits per heavy atom. The second-order valence-corrected chi connectivity index (χ2v) is 11.1. The molecule has 1 aromatic heterocycles. The van der Waals surface area contributed by atoms with E-state index in [0.29, 0.717) is 43.5 Å². The zero-order valence-corrected chi connectivity index (χ0v) is 20.6. The van der Waals surface area contributed by atoms with Crippen LogP contribution in [-0.4, -0.2) is 75.5 Å². The van der Waals surface area contributed by atoms with Crippen molar-refractivity contribution in [2.24, 2.45) is 0 Å². The maximum Gasteiger partial charge on any atom is 0.333 e. The lowest BCUT2D eigenvalue weighted by Gasteiger charge is -2.16. The van der Waals surface area contributed by atoms with Gasteiger partial charge in [0.05, 0.1) is 12.1 Å². The molecule has 3 amide bonds. The highest BCUT2D eigenvalue weighted by Crippen LogP contribution is 2.33. The number of hydrogen-bond donors (Lipinski definition) is 6. The third kappa shape index (κ3) is 7.41. The van der Waals surface area contributed by atoms with Crippen LogP contribution in [0.2, 0.25) is 0 Å². The van der Waals surface area contributed by atoms with Crippen molar-refractivity contribution in [3.05, 3.63) is 6.07 Å². The topological polar surface area (TPSA) is 196 Å². The molecule has 0 spiro atoms. The van der Waals surface area contributed by atoms with Crippen LogP contribution in [0.1, 0.15) is 51.4 Å². The molecule has 0 radical (unpaired) electrons.